The second kappa shape index (κ2) is 12.8. The number of anilines is 1. The van der Waals surface area contributed by atoms with Crippen molar-refractivity contribution in [3.63, 3.8) is 0 Å². The van der Waals surface area contributed by atoms with Gasteiger partial charge in [0, 0.05) is 48.9 Å². The van der Waals surface area contributed by atoms with Crippen LogP contribution in [0, 0.1) is 0 Å². The van der Waals surface area contributed by atoms with Gasteiger partial charge in [0.05, 0.1) is 46.6 Å². The normalized spacial score (nSPS) is 13.8. The number of nitrogens with one attached hydrogen (secondary N) is 2. The van der Waals surface area contributed by atoms with E-state index in [0.717, 1.165) is 56.1 Å². The summed E-state index contributed by atoms with van der Waals surface area (Å²) in [5.74, 6) is 1.94. The number of aromatic amines is 1. The van der Waals surface area contributed by atoms with Crippen molar-refractivity contribution >= 4 is 33.9 Å². The van der Waals surface area contributed by atoms with E-state index in [4.69, 9.17) is 31.2 Å². The highest BCUT2D eigenvalue weighted by Crippen LogP contribution is 2.31. The molecular formula is C27H34N4O5S. The van der Waals surface area contributed by atoms with Gasteiger partial charge in [0.2, 0.25) is 0 Å². The topological polar surface area (TPSA) is 88.3 Å². The molecule has 37 heavy (non-hydrogen) atoms. The number of thiocarbonyl (C=S) groups is 1. The third-order valence-electron chi connectivity index (χ3n) is 6.42. The lowest BCUT2D eigenvalue weighted by molar-refractivity contribution is 0.0367. The average Bonchev–Trinajstić information content (AvgIpc) is 2.93. The third-order valence-corrected chi connectivity index (χ3v) is 6.78. The molecule has 0 saturated carbocycles. The predicted molar refractivity (Wildman–Crippen MR) is 149 cm³/mol. The van der Waals surface area contributed by atoms with E-state index in [1.165, 1.54) is 0 Å². The number of pyridine rings is 1. The first-order valence-electron chi connectivity index (χ1n) is 12.3. The monoisotopic (exact) mass is 526 g/mol. The molecule has 1 aromatic heterocycles. The Hall–Kier alpha value is -3.34. The van der Waals surface area contributed by atoms with E-state index in [0.29, 0.717) is 40.8 Å². The first kappa shape index (κ1) is 26.7. The number of fused-ring (bicyclic) bond motifs is 1. The number of hydrogen-bond acceptors (Lipinski definition) is 7. The fourth-order valence-corrected chi connectivity index (χ4v) is 4.61. The Morgan fingerprint density at radius 1 is 1.05 bits per heavy atom. The van der Waals surface area contributed by atoms with Crippen LogP contribution in [0.3, 0.4) is 0 Å². The third kappa shape index (κ3) is 6.91. The van der Waals surface area contributed by atoms with Crippen LogP contribution in [0.2, 0.25) is 0 Å². The molecule has 0 bridgehead atoms. The van der Waals surface area contributed by atoms with Gasteiger partial charge >= 0.3 is 0 Å². The molecule has 10 heteroatoms. The number of hydrogen-bond donors (Lipinski definition) is 2. The molecule has 0 atom stereocenters. The van der Waals surface area contributed by atoms with E-state index in [1.807, 2.05) is 41.3 Å². The van der Waals surface area contributed by atoms with Gasteiger partial charge in [-0.3, -0.25) is 9.69 Å². The van der Waals surface area contributed by atoms with Crippen LogP contribution in [0.4, 0.5) is 5.69 Å². The molecule has 2 aromatic carbocycles. The lowest BCUT2D eigenvalue weighted by Crippen LogP contribution is -2.40. The van der Waals surface area contributed by atoms with E-state index in [2.05, 4.69) is 15.2 Å². The Morgan fingerprint density at radius 2 is 1.76 bits per heavy atom. The molecule has 0 amide bonds. The molecule has 0 aliphatic carbocycles. The zero-order chi connectivity index (χ0) is 26.2. The molecular weight excluding hydrogens is 492 g/mol. The number of ether oxygens (including phenoxy) is 4. The smallest absolute Gasteiger partial charge is 0.253 e. The molecule has 4 rings (SSSR count). The zero-order valence-electron chi connectivity index (χ0n) is 21.5. The van der Waals surface area contributed by atoms with Crippen molar-refractivity contribution in [1.29, 1.82) is 0 Å². The molecule has 3 aromatic rings. The Labute approximate surface area is 222 Å². The summed E-state index contributed by atoms with van der Waals surface area (Å²) in [5.41, 5.74) is 1.99. The lowest BCUT2D eigenvalue weighted by atomic mass is 10.1. The summed E-state index contributed by atoms with van der Waals surface area (Å²) in [6, 6.07) is 13.1. The molecule has 9 nitrogen and oxygen atoms in total. The van der Waals surface area contributed by atoms with Crippen molar-refractivity contribution in [3.05, 3.63) is 58.4 Å². The van der Waals surface area contributed by atoms with Crippen molar-refractivity contribution in [1.82, 2.24) is 14.8 Å². The summed E-state index contributed by atoms with van der Waals surface area (Å²) in [5, 5.41) is 4.72. The minimum absolute atomic E-state index is 0.162. The number of H-pyrrole nitrogens is 1. The number of methoxy groups -OCH3 is 3. The number of aromatic nitrogens is 1. The minimum atomic E-state index is -0.162. The molecule has 0 unspecified atom stereocenters. The highest BCUT2D eigenvalue weighted by molar-refractivity contribution is 7.80. The second-order valence-corrected chi connectivity index (χ2v) is 9.19. The van der Waals surface area contributed by atoms with Crippen molar-refractivity contribution < 1.29 is 18.9 Å². The highest BCUT2D eigenvalue weighted by Gasteiger charge is 2.17. The quantitative estimate of drug-likeness (QED) is 0.386. The van der Waals surface area contributed by atoms with E-state index in [9.17, 15) is 4.79 Å². The van der Waals surface area contributed by atoms with Crippen molar-refractivity contribution in [3.8, 4) is 17.2 Å². The highest BCUT2D eigenvalue weighted by atomic mass is 32.1. The molecule has 0 spiro atoms. The van der Waals surface area contributed by atoms with E-state index in [1.54, 1.807) is 27.4 Å². The van der Waals surface area contributed by atoms with Crippen LogP contribution in [0.15, 0.2) is 47.3 Å². The van der Waals surface area contributed by atoms with E-state index in [-0.39, 0.29) is 5.56 Å². The maximum absolute atomic E-state index is 13.0. The average molecular weight is 527 g/mol. The molecule has 198 valence electrons. The van der Waals surface area contributed by atoms with Crippen molar-refractivity contribution in [2.45, 2.75) is 13.0 Å². The number of morpholine rings is 1. The standard InChI is InChI=1S/C27H34N4O5S/c1-33-22-7-5-21(6-8-22)28-27(37)31(10-4-9-30-11-13-36-14-12-30)18-20-15-19-16-24(34-2)25(35-3)17-23(19)29-26(20)32/h5-8,15-17H,4,9-14,18H2,1-3H3,(H,28,37)(H,29,32). The summed E-state index contributed by atoms with van der Waals surface area (Å²) in [4.78, 5) is 20.5. The van der Waals surface area contributed by atoms with Gasteiger partial charge in [-0.15, -0.1) is 0 Å². The van der Waals surface area contributed by atoms with Gasteiger partial charge in [-0.25, -0.2) is 0 Å². The van der Waals surface area contributed by atoms with Gasteiger partial charge in [0.25, 0.3) is 5.56 Å². The fraction of sp³-hybridized carbons (Fsp3) is 0.407. The maximum atomic E-state index is 13.0. The zero-order valence-corrected chi connectivity index (χ0v) is 22.4. The summed E-state index contributed by atoms with van der Waals surface area (Å²) in [7, 11) is 4.80. The van der Waals surface area contributed by atoms with Crippen LogP contribution in [-0.2, 0) is 11.3 Å². The first-order chi connectivity index (χ1) is 18.0. The van der Waals surface area contributed by atoms with Gasteiger partial charge in [-0.05, 0) is 55.0 Å². The fourth-order valence-electron chi connectivity index (χ4n) is 4.34. The lowest BCUT2D eigenvalue weighted by Gasteiger charge is -2.29. The van der Waals surface area contributed by atoms with Crippen molar-refractivity contribution in [2.75, 3.05) is 66.0 Å². The van der Waals surface area contributed by atoms with Gasteiger partial charge in [-0.1, -0.05) is 0 Å². The molecule has 1 saturated heterocycles. The van der Waals surface area contributed by atoms with Crippen LogP contribution in [0.1, 0.15) is 12.0 Å². The SMILES string of the molecule is COc1ccc(NC(=S)N(CCCN2CCOCC2)Cc2cc3cc(OC)c(OC)cc3[nH]c2=O)cc1. The van der Waals surface area contributed by atoms with Crippen LogP contribution >= 0.6 is 12.2 Å². The second-order valence-electron chi connectivity index (χ2n) is 8.81. The molecule has 2 heterocycles. The Balaban J connectivity index is 1.54. The van der Waals surface area contributed by atoms with E-state index < -0.39 is 0 Å². The summed E-state index contributed by atoms with van der Waals surface area (Å²) in [6.07, 6.45) is 0.904. The molecule has 2 N–H and O–H groups in total. The molecule has 1 aliphatic heterocycles. The van der Waals surface area contributed by atoms with Gasteiger partial charge in [-0.2, -0.15) is 0 Å². The Bertz CT molecular complexity index is 1260. The van der Waals surface area contributed by atoms with Gasteiger partial charge in [0.1, 0.15) is 5.75 Å². The number of benzene rings is 2. The summed E-state index contributed by atoms with van der Waals surface area (Å²) in [6.45, 7) is 5.40. The molecule has 0 radical (unpaired) electrons. The largest absolute Gasteiger partial charge is 0.497 e. The van der Waals surface area contributed by atoms with Gasteiger partial charge in [0.15, 0.2) is 16.6 Å². The van der Waals surface area contributed by atoms with E-state index >= 15 is 0 Å². The van der Waals surface area contributed by atoms with Crippen LogP contribution in [0.25, 0.3) is 10.9 Å². The minimum Gasteiger partial charge on any atom is -0.497 e. The summed E-state index contributed by atoms with van der Waals surface area (Å²) < 4.78 is 21.5. The number of rotatable bonds is 10. The molecule has 1 fully saturated rings. The van der Waals surface area contributed by atoms with Crippen LogP contribution < -0.4 is 25.1 Å². The Morgan fingerprint density at radius 3 is 2.43 bits per heavy atom. The van der Waals surface area contributed by atoms with Crippen LogP contribution in [0.5, 0.6) is 17.2 Å². The first-order valence-corrected chi connectivity index (χ1v) is 12.7. The van der Waals surface area contributed by atoms with Crippen molar-refractivity contribution in [2.24, 2.45) is 0 Å². The van der Waals surface area contributed by atoms with Crippen LogP contribution in [-0.4, -0.2) is 80.6 Å². The molecule has 1 aliphatic rings. The number of nitrogens with zero attached hydrogens (tertiary/aromatic N) is 2. The summed E-state index contributed by atoms with van der Waals surface area (Å²) >= 11 is 5.80. The predicted octanol–water partition coefficient (Wildman–Crippen LogP) is 3.48. The van der Waals surface area contributed by atoms with Gasteiger partial charge < -0.3 is 34.1 Å². The maximum Gasteiger partial charge on any atom is 0.253 e. The Kier molecular flexibility index (Phi) is 9.21.